The number of rotatable bonds is 7. The van der Waals surface area contributed by atoms with Gasteiger partial charge < -0.3 is 15.0 Å². The van der Waals surface area contributed by atoms with Crippen molar-refractivity contribution in [3.05, 3.63) is 93.4 Å². The number of nitrogens with one attached hydrogen (secondary N) is 1. The number of halogens is 1. The van der Waals surface area contributed by atoms with Crippen LogP contribution in [0.2, 0.25) is 0 Å². The van der Waals surface area contributed by atoms with E-state index in [-0.39, 0.29) is 18.1 Å². The summed E-state index contributed by atoms with van der Waals surface area (Å²) in [6.07, 6.45) is 0.698. The van der Waals surface area contributed by atoms with Gasteiger partial charge in [-0.15, -0.1) is 0 Å². The first kappa shape index (κ1) is 23.8. The predicted molar refractivity (Wildman–Crippen MR) is 131 cm³/mol. The van der Waals surface area contributed by atoms with Crippen LogP contribution in [-0.4, -0.2) is 29.1 Å². The monoisotopic (exact) mass is 479 g/mol. The zero-order valence-corrected chi connectivity index (χ0v) is 20.1. The number of aryl methyl sites for hydroxylation is 1. The van der Waals surface area contributed by atoms with Gasteiger partial charge in [-0.3, -0.25) is 4.79 Å². The van der Waals surface area contributed by atoms with Crippen LogP contribution < -0.4 is 5.32 Å². The highest BCUT2D eigenvalue weighted by molar-refractivity contribution is 8.16. The molecule has 8 heteroatoms. The highest BCUT2D eigenvalue weighted by atomic mass is 32.2. The minimum absolute atomic E-state index is 0.117. The van der Waals surface area contributed by atoms with Gasteiger partial charge in [0.2, 0.25) is 5.91 Å². The van der Waals surface area contributed by atoms with E-state index in [0.29, 0.717) is 24.2 Å². The summed E-state index contributed by atoms with van der Waals surface area (Å²) < 4.78 is 18.3. The van der Waals surface area contributed by atoms with E-state index in [0.717, 1.165) is 27.6 Å². The second-order valence-corrected chi connectivity index (χ2v) is 8.93. The number of amidine groups is 1. The maximum absolute atomic E-state index is 13.1. The lowest BCUT2D eigenvalue weighted by Crippen LogP contribution is -2.38. The average Bonchev–Trinajstić information content (AvgIpc) is 3.24. The first-order valence-electron chi connectivity index (χ1n) is 11.0. The van der Waals surface area contributed by atoms with Crippen molar-refractivity contribution >= 4 is 28.8 Å². The molecule has 0 radical (unpaired) electrons. The molecule has 0 aromatic heterocycles. The van der Waals surface area contributed by atoms with Crippen molar-refractivity contribution in [3.63, 3.8) is 0 Å². The number of hydrogen-bond donors (Lipinski definition) is 1. The molecule has 1 N–H and O–H groups in total. The summed E-state index contributed by atoms with van der Waals surface area (Å²) in [6.45, 7) is 4.27. The van der Waals surface area contributed by atoms with Gasteiger partial charge in [-0.05, 0) is 42.0 Å². The average molecular weight is 480 g/mol. The Balaban J connectivity index is 1.60. The molecule has 0 saturated carbocycles. The summed E-state index contributed by atoms with van der Waals surface area (Å²) in [5, 5.41) is 5.53. The standard InChI is InChI=1S/C26H26FN3O3S/c1-4-21-23(25(32)33-3)24(18-9-5-16(2)6-10-18)30-20(15-34-26(30)29-21)13-22(31)28-14-17-7-11-19(27)12-8-17/h5-12,15,24H,4,13-14H2,1-3H3,(H,28,31). The summed E-state index contributed by atoms with van der Waals surface area (Å²) in [7, 11) is 1.37. The Hall–Kier alpha value is -3.39. The van der Waals surface area contributed by atoms with Gasteiger partial charge in [0, 0.05) is 12.2 Å². The number of methoxy groups -OCH3 is 1. The van der Waals surface area contributed by atoms with Crippen molar-refractivity contribution in [1.82, 2.24) is 10.2 Å². The number of fused-ring (bicyclic) bond motifs is 1. The molecule has 0 aliphatic carbocycles. The normalized spacial score (nSPS) is 17.2. The topological polar surface area (TPSA) is 71.0 Å². The van der Waals surface area contributed by atoms with E-state index in [2.05, 4.69) is 5.32 Å². The number of thioether (sulfide) groups is 1. The van der Waals surface area contributed by atoms with Gasteiger partial charge in [0.25, 0.3) is 0 Å². The third-order valence-corrected chi connectivity index (χ3v) is 6.66. The second-order valence-electron chi connectivity index (χ2n) is 8.09. The van der Waals surface area contributed by atoms with Crippen LogP contribution in [0.1, 0.15) is 42.5 Å². The molecule has 2 aliphatic rings. The number of aliphatic imine (C=N–C) groups is 1. The summed E-state index contributed by atoms with van der Waals surface area (Å²) in [4.78, 5) is 32.4. The number of carbonyl (C=O) groups is 2. The maximum atomic E-state index is 13.1. The molecule has 4 rings (SSSR count). The summed E-state index contributed by atoms with van der Waals surface area (Å²) in [6, 6.07) is 13.6. The van der Waals surface area contributed by atoms with E-state index in [1.54, 1.807) is 12.1 Å². The quantitative estimate of drug-likeness (QED) is 0.568. The molecule has 34 heavy (non-hydrogen) atoms. The summed E-state index contributed by atoms with van der Waals surface area (Å²) >= 11 is 1.44. The fourth-order valence-electron chi connectivity index (χ4n) is 4.01. The van der Waals surface area contributed by atoms with Gasteiger partial charge >= 0.3 is 5.97 Å². The Labute approximate surface area is 202 Å². The fourth-order valence-corrected chi connectivity index (χ4v) is 4.94. The number of esters is 1. The number of ether oxygens (including phenoxy) is 1. The zero-order chi connectivity index (χ0) is 24.2. The van der Waals surface area contributed by atoms with Crippen LogP contribution in [0.4, 0.5) is 4.39 Å². The molecule has 1 amide bonds. The molecular formula is C26H26FN3O3S. The first-order chi connectivity index (χ1) is 16.4. The Morgan fingerprint density at radius 1 is 1.15 bits per heavy atom. The Morgan fingerprint density at radius 2 is 1.85 bits per heavy atom. The molecule has 0 fully saturated rings. The molecule has 176 valence electrons. The molecule has 0 spiro atoms. The number of hydrogen-bond acceptors (Lipinski definition) is 6. The van der Waals surface area contributed by atoms with E-state index >= 15 is 0 Å². The number of benzene rings is 2. The van der Waals surface area contributed by atoms with Crippen molar-refractivity contribution < 1.29 is 18.7 Å². The van der Waals surface area contributed by atoms with Crippen LogP contribution in [-0.2, 0) is 20.9 Å². The van der Waals surface area contributed by atoms with E-state index < -0.39 is 12.0 Å². The summed E-state index contributed by atoms with van der Waals surface area (Å²) in [5.41, 5.74) is 4.77. The highest BCUT2D eigenvalue weighted by Gasteiger charge is 2.41. The molecule has 2 aliphatic heterocycles. The third-order valence-electron chi connectivity index (χ3n) is 5.77. The zero-order valence-electron chi connectivity index (χ0n) is 19.3. The van der Waals surface area contributed by atoms with Gasteiger partial charge in [-0.1, -0.05) is 60.6 Å². The lowest BCUT2D eigenvalue weighted by atomic mass is 9.92. The van der Waals surface area contributed by atoms with Crippen molar-refractivity contribution in [3.8, 4) is 0 Å². The Bertz CT molecular complexity index is 1190. The van der Waals surface area contributed by atoms with Crippen molar-refractivity contribution in [2.45, 2.75) is 39.3 Å². The SMILES string of the molecule is CCC1=C(C(=O)OC)C(c2ccc(C)cc2)N2C(CC(=O)NCc3ccc(F)cc3)=CSC2=N1. The number of allylic oxidation sites excluding steroid dienone is 1. The molecule has 6 nitrogen and oxygen atoms in total. The lowest BCUT2D eigenvalue weighted by Gasteiger charge is -2.36. The van der Waals surface area contributed by atoms with Crippen LogP contribution in [0.5, 0.6) is 0 Å². The maximum Gasteiger partial charge on any atom is 0.338 e. The van der Waals surface area contributed by atoms with Gasteiger partial charge in [0.15, 0.2) is 5.17 Å². The van der Waals surface area contributed by atoms with Gasteiger partial charge in [0.1, 0.15) is 5.82 Å². The molecule has 1 unspecified atom stereocenters. The van der Waals surface area contributed by atoms with E-state index in [1.807, 2.05) is 48.4 Å². The van der Waals surface area contributed by atoms with Crippen molar-refractivity contribution in [2.75, 3.05) is 7.11 Å². The second kappa shape index (κ2) is 10.3. The Kier molecular flexibility index (Phi) is 7.17. The van der Waals surface area contributed by atoms with E-state index in [4.69, 9.17) is 9.73 Å². The van der Waals surface area contributed by atoms with Crippen molar-refractivity contribution in [2.24, 2.45) is 4.99 Å². The molecule has 0 bridgehead atoms. The van der Waals surface area contributed by atoms with Crippen LogP contribution in [0.3, 0.4) is 0 Å². The summed E-state index contributed by atoms with van der Waals surface area (Å²) in [5.74, 6) is -0.921. The minimum atomic E-state index is -0.443. The lowest BCUT2D eigenvalue weighted by molar-refractivity contribution is -0.136. The van der Waals surface area contributed by atoms with Crippen LogP contribution >= 0.6 is 11.8 Å². The smallest absolute Gasteiger partial charge is 0.338 e. The molecule has 2 heterocycles. The molecule has 2 aromatic rings. The number of amides is 1. The fraction of sp³-hybridized carbons (Fsp3) is 0.269. The third kappa shape index (κ3) is 4.92. The van der Waals surface area contributed by atoms with Crippen molar-refractivity contribution in [1.29, 1.82) is 0 Å². The molecule has 2 aromatic carbocycles. The van der Waals surface area contributed by atoms with Crippen LogP contribution in [0.15, 0.2) is 75.9 Å². The van der Waals surface area contributed by atoms with E-state index in [1.165, 1.54) is 31.0 Å². The number of nitrogens with zero attached hydrogens (tertiary/aromatic N) is 2. The van der Waals surface area contributed by atoms with Crippen LogP contribution in [0, 0.1) is 12.7 Å². The Morgan fingerprint density at radius 3 is 2.50 bits per heavy atom. The van der Waals surface area contributed by atoms with Gasteiger partial charge in [-0.25, -0.2) is 14.2 Å². The molecular weight excluding hydrogens is 453 g/mol. The van der Waals surface area contributed by atoms with E-state index in [9.17, 15) is 14.0 Å². The highest BCUT2D eigenvalue weighted by Crippen LogP contribution is 2.45. The van der Waals surface area contributed by atoms with Gasteiger partial charge in [0.05, 0.1) is 30.8 Å². The largest absolute Gasteiger partial charge is 0.466 e. The number of carbonyl (C=O) groups excluding carboxylic acids is 2. The van der Waals surface area contributed by atoms with Crippen LogP contribution in [0.25, 0.3) is 0 Å². The van der Waals surface area contributed by atoms with Gasteiger partial charge in [-0.2, -0.15) is 0 Å². The minimum Gasteiger partial charge on any atom is -0.466 e. The first-order valence-corrected chi connectivity index (χ1v) is 11.9. The molecule has 0 saturated heterocycles. The predicted octanol–water partition coefficient (Wildman–Crippen LogP) is 4.98. The molecule has 1 atom stereocenters.